The summed E-state index contributed by atoms with van der Waals surface area (Å²) in [5, 5.41) is 4.76. The molecule has 0 aliphatic heterocycles. The highest BCUT2D eigenvalue weighted by Crippen LogP contribution is 2.25. The van der Waals surface area contributed by atoms with Crippen molar-refractivity contribution in [3.8, 4) is 5.75 Å². The molecule has 88 valence electrons. The molecule has 1 amide bonds. The van der Waals surface area contributed by atoms with Crippen molar-refractivity contribution in [3.05, 3.63) is 46.7 Å². The van der Waals surface area contributed by atoms with E-state index in [-0.39, 0.29) is 5.91 Å². The zero-order valence-electron chi connectivity index (χ0n) is 9.47. The topological polar surface area (TPSA) is 38.3 Å². The highest BCUT2D eigenvalue weighted by molar-refractivity contribution is 7.09. The first-order chi connectivity index (χ1) is 8.25. The summed E-state index contributed by atoms with van der Waals surface area (Å²) in [6.07, 6.45) is 0. The largest absolute Gasteiger partial charge is 0.486 e. The molecule has 1 aromatic carbocycles. The minimum Gasteiger partial charge on any atom is -0.486 e. The normalized spacial score (nSPS) is 9.94. The fourth-order valence-corrected chi connectivity index (χ4v) is 2.05. The number of hydrogen-bond donors (Lipinski definition) is 1. The van der Waals surface area contributed by atoms with Crippen LogP contribution in [-0.2, 0) is 11.4 Å². The van der Waals surface area contributed by atoms with Gasteiger partial charge in [-0.15, -0.1) is 11.3 Å². The molecule has 0 unspecified atom stereocenters. The van der Waals surface area contributed by atoms with Crippen molar-refractivity contribution in [2.24, 2.45) is 0 Å². The van der Waals surface area contributed by atoms with E-state index < -0.39 is 0 Å². The third kappa shape index (κ3) is 3.32. The number of carbonyl (C=O) groups is 1. The molecule has 0 aliphatic carbocycles. The van der Waals surface area contributed by atoms with Crippen LogP contribution >= 0.6 is 11.3 Å². The van der Waals surface area contributed by atoms with Gasteiger partial charge in [0, 0.05) is 11.8 Å². The molecule has 1 N–H and O–H groups in total. The van der Waals surface area contributed by atoms with E-state index in [1.165, 1.54) is 6.92 Å². The Morgan fingerprint density at radius 2 is 2.12 bits per heavy atom. The molecule has 1 heterocycles. The van der Waals surface area contributed by atoms with Crippen molar-refractivity contribution in [2.45, 2.75) is 13.5 Å². The van der Waals surface area contributed by atoms with Crippen LogP contribution < -0.4 is 10.1 Å². The lowest BCUT2D eigenvalue weighted by Crippen LogP contribution is -2.07. The summed E-state index contributed by atoms with van der Waals surface area (Å²) in [6.45, 7) is 2.00. The van der Waals surface area contributed by atoms with Gasteiger partial charge in [-0.3, -0.25) is 4.79 Å². The lowest BCUT2D eigenvalue weighted by atomic mass is 10.3. The second-order valence-electron chi connectivity index (χ2n) is 3.55. The van der Waals surface area contributed by atoms with Gasteiger partial charge in [-0.25, -0.2) is 0 Å². The smallest absolute Gasteiger partial charge is 0.221 e. The van der Waals surface area contributed by atoms with Gasteiger partial charge in [0.2, 0.25) is 5.91 Å². The van der Waals surface area contributed by atoms with Gasteiger partial charge in [-0.05, 0) is 23.6 Å². The van der Waals surface area contributed by atoms with Crippen LogP contribution in [0.3, 0.4) is 0 Å². The summed E-state index contributed by atoms with van der Waals surface area (Å²) in [7, 11) is 0. The molecule has 17 heavy (non-hydrogen) atoms. The molecule has 2 rings (SSSR count). The number of thiophene rings is 1. The Hall–Kier alpha value is -1.81. The van der Waals surface area contributed by atoms with Crippen LogP contribution in [0.15, 0.2) is 41.8 Å². The van der Waals surface area contributed by atoms with E-state index in [1.807, 2.05) is 41.8 Å². The molecule has 3 nitrogen and oxygen atoms in total. The molecule has 1 aromatic heterocycles. The Morgan fingerprint density at radius 3 is 2.82 bits per heavy atom. The van der Waals surface area contributed by atoms with Crippen LogP contribution in [0, 0.1) is 0 Å². The molecule has 0 saturated heterocycles. The van der Waals surface area contributed by atoms with Crippen molar-refractivity contribution < 1.29 is 9.53 Å². The molecule has 0 fully saturated rings. The number of nitrogens with one attached hydrogen (secondary N) is 1. The van der Waals surface area contributed by atoms with Crippen molar-refractivity contribution in [3.63, 3.8) is 0 Å². The second kappa shape index (κ2) is 5.50. The maximum absolute atomic E-state index is 11.0. The summed E-state index contributed by atoms with van der Waals surface area (Å²) in [4.78, 5) is 12.2. The fourth-order valence-electron chi connectivity index (χ4n) is 1.43. The third-order valence-corrected chi connectivity index (χ3v) is 3.00. The number of benzene rings is 1. The molecule has 0 saturated carbocycles. The molecule has 0 atom stereocenters. The predicted molar refractivity (Wildman–Crippen MR) is 69.4 cm³/mol. The van der Waals surface area contributed by atoms with Gasteiger partial charge in [0.25, 0.3) is 0 Å². The molecule has 0 spiro atoms. The van der Waals surface area contributed by atoms with E-state index in [2.05, 4.69) is 5.32 Å². The molecule has 2 aromatic rings. The van der Waals surface area contributed by atoms with Crippen LogP contribution in [0.2, 0.25) is 0 Å². The summed E-state index contributed by atoms with van der Waals surface area (Å²) in [5.74, 6) is 0.591. The van der Waals surface area contributed by atoms with Crippen LogP contribution in [0.4, 0.5) is 5.69 Å². The number of rotatable bonds is 4. The van der Waals surface area contributed by atoms with Crippen LogP contribution in [0.5, 0.6) is 5.75 Å². The SMILES string of the molecule is CC(=O)Nc1ccccc1OCc1cccs1. The van der Waals surface area contributed by atoms with E-state index in [0.29, 0.717) is 18.0 Å². The monoisotopic (exact) mass is 247 g/mol. The summed E-state index contributed by atoms with van der Waals surface area (Å²) in [6, 6.07) is 11.4. The van der Waals surface area contributed by atoms with Crippen molar-refractivity contribution >= 4 is 22.9 Å². The molecular weight excluding hydrogens is 234 g/mol. The summed E-state index contributed by atoms with van der Waals surface area (Å²) >= 11 is 1.65. The summed E-state index contributed by atoms with van der Waals surface area (Å²) < 4.78 is 5.68. The Kier molecular flexibility index (Phi) is 3.77. The van der Waals surface area contributed by atoms with Crippen LogP contribution in [0.25, 0.3) is 0 Å². The van der Waals surface area contributed by atoms with E-state index in [9.17, 15) is 4.79 Å². The van der Waals surface area contributed by atoms with Gasteiger partial charge < -0.3 is 10.1 Å². The molecule has 0 bridgehead atoms. The fraction of sp³-hybridized carbons (Fsp3) is 0.154. The lowest BCUT2D eigenvalue weighted by Gasteiger charge is -2.10. The number of hydrogen-bond acceptors (Lipinski definition) is 3. The van der Waals surface area contributed by atoms with Crippen molar-refractivity contribution in [1.82, 2.24) is 0 Å². The maximum atomic E-state index is 11.0. The van der Waals surface area contributed by atoms with E-state index in [1.54, 1.807) is 11.3 Å². The average Bonchev–Trinajstić information content (AvgIpc) is 2.80. The van der Waals surface area contributed by atoms with E-state index in [4.69, 9.17) is 4.74 Å². The minimum absolute atomic E-state index is 0.0998. The van der Waals surface area contributed by atoms with Crippen LogP contribution in [0.1, 0.15) is 11.8 Å². The van der Waals surface area contributed by atoms with Gasteiger partial charge in [-0.1, -0.05) is 18.2 Å². The Bertz CT molecular complexity index is 494. The first kappa shape index (κ1) is 11.7. The predicted octanol–water partition coefficient (Wildman–Crippen LogP) is 3.29. The average molecular weight is 247 g/mol. The Balaban J connectivity index is 2.06. The zero-order valence-corrected chi connectivity index (χ0v) is 10.3. The number of para-hydroxylation sites is 2. The Labute approximate surface area is 104 Å². The Morgan fingerprint density at radius 1 is 1.29 bits per heavy atom. The third-order valence-electron chi connectivity index (χ3n) is 2.15. The van der Waals surface area contributed by atoms with Gasteiger partial charge in [0.05, 0.1) is 5.69 Å². The van der Waals surface area contributed by atoms with Crippen molar-refractivity contribution in [1.29, 1.82) is 0 Å². The molecule has 0 aliphatic rings. The molecule has 4 heteroatoms. The number of ether oxygens (including phenoxy) is 1. The second-order valence-corrected chi connectivity index (χ2v) is 4.58. The molecular formula is C13H13NO2S. The van der Waals surface area contributed by atoms with Crippen molar-refractivity contribution in [2.75, 3.05) is 5.32 Å². The number of anilines is 1. The standard InChI is InChI=1S/C13H13NO2S/c1-10(15)14-12-6-2-3-7-13(12)16-9-11-5-4-8-17-11/h2-8H,9H2,1H3,(H,14,15). The summed E-state index contributed by atoms with van der Waals surface area (Å²) in [5.41, 5.74) is 0.705. The highest BCUT2D eigenvalue weighted by atomic mass is 32.1. The number of carbonyl (C=O) groups excluding carboxylic acids is 1. The highest BCUT2D eigenvalue weighted by Gasteiger charge is 2.04. The van der Waals surface area contributed by atoms with Gasteiger partial charge >= 0.3 is 0 Å². The van der Waals surface area contributed by atoms with Gasteiger partial charge in [0.1, 0.15) is 12.4 Å². The quantitative estimate of drug-likeness (QED) is 0.900. The van der Waals surface area contributed by atoms with E-state index in [0.717, 1.165) is 4.88 Å². The molecule has 0 radical (unpaired) electrons. The zero-order chi connectivity index (χ0) is 12.1. The first-order valence-corrected chi connectivity index (χ1v) is 6.15. The van der Waals surface area contributed by atoms with Gasteiger partial charge in [-0.2, -0.15) is 0 Å². The van der Waals surface area contributed by atoms with Crippen LogP contribution in [-0.4, -0.2) is 5.91 Å². The van der Waals surface area contributed by atoms with Gasteiger partial charge in [0.15, 0.2) is 0 Å². The lowest BCUT2D eigenvalue weighted by molar-refractivity contribution is -0.114. The first-order valence-electron chi connectivity index (χ1n) is 5.27. The minimum atomic E-state index is -0.0998. The number of amides is 1. The maximum Gasteiger partial charge on any atom is 0.221 e. The van der Waals surface area contributed by atoms with E-state index >= 15 is 0 Å².